The highest BCUT2D eigenvalue weighted by molar-refractivity contribution is 7.85. The minimum Gasteiger partial charge on any atom is -0.378 e. The van der Waals surface area contributed by atoms with Gasteiger partial charge in [0.2, 0.25) is 0 Å². The summed E-state index contributed by atoms with van der Waals surface area (Å²) in [6, 6.07) is 6.07. The van der Waals surface area contributed by atoms with Crippen LogP contribution in [0.1, 0.15) is 19.3 Å². The van der Waals surface area contributed by atoms with Crippen molar-refractivity contribution in [2.24, 2.45) is 0 Å². The lowest BCUT2D eigenvalue weighted by Gasteiger charge is -2.36. The van der Waals surface area contributed by atoms with Gasteiger partial charge >= 0.3 is 0 Å². The Morgan fingerprint density at radius 2 is 2.26 bits per heavy atom. The van der Waals surface area contributed by atoms with Gasteiger partial charge in [-0.15, -0.1) is 0 Å². The highest BCUT2D eigenvalue weighted by Gasteiger charge is 2.42. The lowest BCUT2D eigenvalue weighted by Crippen LogP contribution is -2.43. The topological polar surface area (TPSA) is 35.5 Å². The zero-order chi connectivity index (χ0) is 13.3. The standard InChI is InChI=1S/C14H17FO3S/c15-11-2-1-3-12(8-11)19(16)13-4-6-18-14(9-13)5-7-17-10-14/h1-3,8,13H,4-7,9-10H2. The molecule has 3 nitrogen and oxygen atoms in total. The molecule has 0 N–H and O–H groups in total. The molecule has 5 heteroatoms. The largest absolute Gasteiger partial charge is 0.378 e. The predicted molar refractivity (Wildman–Crippen MR) is 69.9 cm³/mol. The van der Waals surface area contributed by atoms with Crippen LogP contribution >= 0.6 is 0 Å². The SMILES string of the molecule is O=S(c1cccc(F)c1)C1CCOC2(CCOC2)C1. The lowest BCUT2D eigenvalue weighted by atomic mass is 9.93. The van der Waals surface area contributed by atoms with Crippen LogP contribution in [0.5, 0.6) is 0 Å². The summed E-state index contributed by atoms with van der Waals surface area (Å²) < 4.78 is 37.0. The Hall–Kier alpha value is -0.780. The van der Waals surface area contributed by atoms with Crippen LogP contribution in [0, 0.1) is 5.82 Å². The number of hydrogen-bond donors (Lipinski definition) is 0. The zero-order valence-corrected chi connectivity index (χ0v) is 11.5. The van der Waals surface area contributed by atoms with Gasteiger partial charge in [-0.05, 0) is 31.0 Å². The van der Waals surface area contributed by atoms with Crippen molar-refractivity contribution in [3.05, 3.63) is 30.1 Å². The minimum atomic E-state index is -1.18. The Balaban J connectivity index is 1.76. The van der Waals surface area contributed by atoms with Gasteiger partial charge < -0.3 is 9.47 Å². The molecule has 2 heterocycles. The second-order valence-electron chi connectivity index (χ2n) is 5.20. The Morgan fingerprint density at radius 1 is 1.37 bits per heavy atom. The first kappa shape index (κ1) is 13.2. The maximum Gasteiger partial charge on any atom is 0.124 e. The summed E-state index contributed by atoms with van der Waals surface area (Å²) >= 11 is 0. The average Bonchev–Trinajstić information content (AvgIpc) is 2.86. The first-order chi connectivity index (χ1) is 9.19. The fourth-order valence-corrected chi connectivity index (χ4v) is 4.41. The van der Waals surface area contributed by atoms with Crippen LogP contribution in [0.25, 0.3) is 0 Å². The molecule has 19 heavy (non-hydrogen) atoms. The van der Waals surface area contributed by atoms with Crippen molar-refractivity contribution in [3.63, 3.8) is 0 Å². The molecule has 0 bridgehead atoms. The Bertz CT molecular complexity index is 485. The van der Waals surface area contributed by atoms with Gasteiger partial charge in [-0.1, -0.05) is 6.07 Å². The normalized spacial score (nSPS) is 32.6. The van der Waals surface area contributed by atoms with Gasteiger partial charge in [0.25, 0.3) is 0 Å². The Labute approximate surface area is 114 Å². The molecule has 0 amide bonds. The van der Waals surface area contributed by atoms with Gasteiger partial charge in [-0.2, -0.15) is 0 Å². The van der Waals surface area contributed by atoms with E-state index in [1.54, 1.807) is 12.1 Å². The number of hydrogen-bond acceptors (Lipinski definition) is 3. The van der Waals surface area contributed by atoms with E-state index in [2.05, 4.69) is 0 Å². The van der Waals surface area contributed by atoms with Gasteiger partial charge in [0, 0.05) is 29.8 Å². The molecule has 2 fully saturated rings. The van der Waals surface area contributed by atoms with Gasteiger partial charge in [0.15, 0.2) is 0 Å². The fraction of sp³-hybridized carbons (Fsp3) is 0.571. The van der Waals surface area contributed by atoms with Gasteiger partial charge in [0.05, 0.1) is 23.0 Å². The molecule has 104 valence electrons. The number of benzene rings is 1. The molecule has 1 spiro atoms. The van der Waals surface area contributed by atoms with E-state index < -0.39 is 10.8 Å². The summed E-state index contributed by atoms with van der Waals surface area (Å²) in [5, 5.41) is 0.0252. The summed E-state index contributed by atoms with van der Waals surface area (Å²) in [5.74, 6) is -0.336. The monoisotopic (exact) mass is 284 g/mol. The van der Waals surface area contributed by atoms with Crippen LogP contribution in [0.15, 0.2) is 29.2 Å². The van der Waals surface area contributed by atoms with Crippen LogP contribution in [-0.4, -0.2) is 34.9 Å². The summed E-state index contributed by atoms with van der Waals surface area (Å²) in [4.78, 5) is 0.570. The number of ether oxygens (including phenoxy) is 2. The van der Waals surface area contributed by atoms with E-state index in [0.29, 0.717) is 24.7 Å². The quantitative estimate of drug-likeness (QED) is 0.836. The summed E-state index contributed by atoms with van der Waals surface area (Å²) in [6.45, 7) is 1.90. The van der Waals surface area contributed by atoms with E-state index >= 15 is 0 Å². The van der Waals surface area contributed by atoms with Crippen molar-refractivity contribution in [1.29, 1.82) is 0 Å². The molecule has 0 aliphatic carbocycles. The summed E-state index contributed by atoms with van der Waals surface area (Å²) in [6.07, 6.45) is 2.35. The van der Waals surface area contributed by atoms with Crippen molar-refractivity contribution < 1.29 is 18.1 Å². The van der Waals surface area contributed by atoms with Crippen molar-refractivity contribution in [3.8, 4) is 0 Å². The summed E-state index contributed by atoms with van der Waals surface area (Å²) in [7, 11) is -1.18. The molecule has 2 aliphatic heterocycles. The first-order valence-electron chi connectivity index (χ1n) is 6.56. The Morgan fingerprint density at radius 3 is 3.00 bits per heavy atom. The Kier molecular flexibility index (Phi) is 3.69. The van der Waals surface area contributed by atoms with Crippen LogP contribution in [-0.2, 0) is 20.3 Å². The molecule has 0 saturated carbocycles. The third kappa shape index (κ3) is 2.73. The van der Waals surface area contributed by atoms with Crippen molar-refractivity contribution in [2.45, 2.75) is 35.0 Å². The molecule has 3 rings (SSSR count). The van der Waals surface area contributed by atoms with E-state index in [-0.39, 0.29) is 16.7 Å². The molecule has 1 aromatic carbocycles. The first-order valence-corrected chi connectivity index (χ1v) is 7.78. The highest BCUT2D eigenvalue weighted by atomic mass is 32.2. The third-order valence-corrected chi connectivity index (χ3v) is 5.57. The van der Waals surface area contributed by atoms with E-state index in [0.717, 1.165) is 19.3 Å². The molecule has 2 saturated heterocycles. The van der Waals surface area contributed by atoms with E-state index in [1.807, 2.05) is 0 Å². The second-order valence-corrected chi connectivity index (χ2v) is 6.94. The molecular weight excluding hydrogens is 267 g/mol. The maximum absolute atomic E-state index is 13.2. The lowest BCUT2D eigenvalue weighted by molar-refractivity contribution is -0.0774. The molecule has 2 aliphatic rings. The number of rotatable bonds is 2. The molecular formula is C14H17FO3S. The van der Waals surface area contributed by atoms with Gasteiger partial charge in [-0.25, -0.2) is 4.39 Å². The highest BCUT2D eigenvalue weighted by Crippen LogP contribution is 2.35. The third-order valence-electron chi connectivity index (χ3n) is 3.85. The van der Waals surface area contributed by atoms with Crippen LogP contribution < -0.4 is 0 Å². The van der Waals surface area contributed by atoms with Crippen molar-refractivity contribution in [2.75, 3.05) is 19.8 Å². The van der Waals surface area contributed by atoms with Gasteiger partial charge in [-0.3, -0.25) is 4.21 Å². The van der Waals surface area contributed by atoms with E-state index in [9.17, 15) is 8.60 Å². The number of halogens is 1. The average molecular weight is 284 g/mol. The molecule has 1 aromatic rings. The minimum absolute atomic E-state index is 0.0252. The maximum atomic E-state index is 13.2. The molecule has 0 radical (unpaired) electrons. The van der Waals surface area contributed by atoms with Crippen molar-refractivity contribution in [1.82, 2.24) is 0 Å². The van der Waals surface area contributed by atoms with Crippen LogP contribution in [0.2, 0.25) is 0 Å². The fourth-order valence-electron chi connectivity index (χ4n) is 2.81. The van der Waals surface area contributed by atoms with Crippen LogP contribution in [0.4, 0.5) is 4.39 Å². The van der Waals surface area contributed by atoms with E-state index in [1.165, 1.54) is 12.1 Å². The second kappa shape index (κ2) is 5.31. The van der Waals surface area contributed by atoms with Crippen molar-refractivity contribution >= 4 is 10.8 Å². The molecule has 0 aromatic heterocycles. The zero-order valence-electron chi connectivity index (χ0n) is 10.6. The smallest absolute Gasteiger partial charge is 0.124 e. The van der Waals surface area contributed by atoms with Crippen LogP contribution in [0.3, 0.4) is 0 Å². The predicted octanol–water partition coefficient (Wildman–Crippen LogP) is 2.27. The van der Waals surface area contributed by atoms with Gasteiger partial charge in [0.1, 0.15) is 5.82 Å². The molecule has 3 unspecified atom stereocenters. The van der Waals surface area contributed by atoms with E-state index in [4.69, 9.17) is 9.47 Å². The summed E-state index contributed by atoms with van der Waals surface area (Å²) in [5.41, 5.74) is -0.258. The molecule has 3 atom stereocenters.